The number of nitrogens with one attached hydrogen (secondary N) is 1. The average Bonchev–Trinajstić information content (AvgIpc) is 2.47. The van der Waals surface area contributed by atoms with Crippen LogP contribution in [0.2, 0.25) is 0 Å². The first-order valence-electron chi connectivity index (χ1n) is 7.07. The third-order valence-corrected chi connectivity index (χ3v) is 3.74. The number of hydrogen-bond acceptors (Lipinski definition) is 2. The van der Waals surface area contributed by atoms with Crippen molar-refractivity contribution in [3.8, 4) is 18.1 Å². The van der Waals surface area contributed by atoms with E-state index in [2.05, 4.69) is 25.1 Å². The van der Waals surface area contributed by atoms with E-state index < -0.39 is 0 Å². The zero-order valence-corrected chi connectivity index (χ0v) is 12.1. The first-order valence-corrected chi connectivity index (χ1v) is 7.07. The Bertz CT molecular complexity index is 627. The molecule has 0 aliphatic heterocycles. The number of phenols is 1. The maximum atomic E-state index is 10.5. The Morgan fingerprint density at radius 1 is 1.25 bits per heavy atom. The SMILES string of the molecule is C#CCC(CC)NC(C)c1ccc2ccccc2c1O. The van der Waals surface area contributed by atoms with Crippen LogP contribution in [-0.2, 0) is 0 Å². The number of aromatic hydroxyl groups is 1. The number of phenolic OH excluding ortho intramolecular Hbond substituents is 1. The molecule has 2 heteroatoms. The van der Waals surface area contributed by atoms with E-state index in [1.807, 2.05) is 36.4 Å². The zero-order chi connectivity index (χ0) is 14.5. The van der Waals surface area contributed by atoms with Gasteiger partial charge in [-0.3, -0.25) is 0 Å². The van der Waals surface area contributed by atoms with Gasteiger partial charge in [0.1, 0.15) is 5.75 Å². The van der Waals surface area contributed by atoms with Crippen molar-refractivity contribution in [3.63, 3.8) is 0 Å². The maximum absolute atomic E-state index is 10.5. The molecular formula is C18H21NO. The minimum absolute atomic E-state index is 0.0675. The molecule has 0 bridgehead atoms. The van der Waals surface area contributed by atoms with Crippen molar-refractivity contribution in [3.05, 3.63) is 42.0 Å². The second kappa shape index (κ2) is 6.45. The van der Waals surface area contributed by atoms with E-state index in [9.17, 15) is 5.11 Å². The Balaban J connectivity index is 2.28. The quantitative estimate of drug-likeness (QED) is 0.803. The Kier molecular flexibility index (Phi) is 4.65. The summed E-state index contributed by atoms with van der Waals surface area (Å²) in [5, 5.41) is 15.9. The normalized spacial score (nSPS) is 13.8. The van der Waals surface area contributed by atoms with Crippen molar-refractivity contribution in [1.82, 2.24) is 5.32 Å². The van der Waals surface area contributed by atoms with Crippen molar-refractivity contribution >= 4 is 10.8 Å². The van der Waals surface area contributed by atoms with Crippen LogP contribution in [0, 0.1) is 12.3 Å². The molecule has 20 heavy (non-hydrogen) atoms. The smallest absolute Gasteiger partial charge is 0.128 e. The van der Waals surface area contributed by atoms with Crippen LogP contribution in [0.3, 0.4) is 0 Å². The van der Waals surface area contributed by atoms with Gasteiger partial charge in [0.15, 0.2) is 0 Å². The number of rotatable bonds is 5. The van der Waals surface area contributed by atoms with E-state index in [1.165, 1.54) is 0 Å². The van der Waals surface area contributed by atoms with E-state index in [0.717, 1.165) is 22.8 Å². The van der Waals surface area contributed by atoms with Gasteiger partial charge in [-0.2, -0.15) is 0 Å². The highest BCUT2D eigenvalue weighted by molar-refractivity contribution is 5.89. The number of terminal acetylenes is 1. The minimum Gasteiger partial charge on any atom is -0.507 e. The van der Waals surface area contributed by atoms with Crippen molar-refractivity contribution in [2.24, 2.45) is 0 Å². The molecule has 2 aromatic rings. The summed E-state index contributed by atoms with van der Waals surface area (Å²) in [5.74, 6) is 3.05. The molecule has 0 spiro atoms. The van der Waals surface area contributed by atoms with Gasteiger partial charge in [0.25, 0.3) is 0 Å². The van der Waals surface area contributed by atoms with Crippen LogP contribution >= 0.6 is 0 Å². The Hall–Kier alpha value is -1.98. The monoisotopic (exact) mass is 267 g/mol. The second-order valence-electron chi connectivity index (χ2n) is 5.13. The van der Waals surface area contributed by atoms with Crippen molar-refractivity contribution < 1.29 is 5.11 Å². The number of hydrogen-bond donors (Lipinski definition) is 2. The highest BCUT2D eigenvalue weighted by atomic mass is 16.3. The second-order valence-corrected chi connectivity index (χ2v) is 5.13. The van der Waals surface area contributed by atoms with E-state index in [-0.39, 0.29) is 12.1 Å². The van der Waals surface area contributed by atoms with Crippen LogP contribution in [0.5, 0.6) is 5.75 Å². The van der Waals surface area contributed by atoms with Crippen LogP contribution in [0.1, 0.15) is 38.3 Å². The summed E-state index contributed by atoms with van der Waals surface area (Å²) in [6.45, 7) is 4.17. The molecule has 2 atom stereocenters. The Morgan fingerprint density at radius 3 is 2.70 bits per heavy atom. The lowest BCUT2D eigenvalue weighted by atomic mass is 10.00. The van der Waals surface area contributed by atoms with Gasteiger partial charge >= 0.3 is 0 Å². The predicted molar refractivity (Wildman–Crippen MR) is 84.7 cm³/mol. The van der Waals surface area contributed by atoms with Crippen LogP contribution < -0.4 is 5.32 Å². The van der Waals surface area contributed by atoms with E-state index in [4.69, 9.17) is 6.42 Å². The largest absolute Gasteiger partial charge is 0.507 e. The van der Waals surface area contributed by atoms with Crippen molar-refractivity contribution in [1.29, 1.82) is 0 Å². The molecule has 0 aromatic heterocycles. The maximum Gasteiger partial charge on any atom is 0.128 e. The first kappa shape index (κ1) is 14.4. The average molecular weight is 267 g/mol. The number of benzene rings is 2. The molecule has 0 fully saturated rings. The van der Waals surface area contributed by atoms with Gasteiger partial charge in [-0.15, -0.1) is 12.3 Å². The molecule has 2 aromatic carbocycles. The molecule has 0 radical (unpaired) electrons. The summed E-state index contributed by atoms with van der Waals surface area (Å²) in [6, 6.07) is 12.2. The molecular weight excluding hydrogens is 246 g/mol. The summed E-state index contributed by atoms with van der Waals surface area (Å²) >= 11 is 0. The fraction of sp³-hybridized carbons (Fsp3) is 0.333. The summed E-state index contributed by atoms with van der Waals surface area (Å²) in [6.07, 6.45) is 7.06. The van der Waals surface area contributed by atoms with Crippen LogP contribution in [-0.4, -0.2) is 11.1 Å². The molecule has 0 saturated heterocycles. The molecule has 0 aliphatic rings. The van der Waals surface area contributed by atoms with E-state index in [1.54, 1.807) is 0 Å². The highest BCUT2D eigenvalue weighted by Crippen LogP contribution is 2.32. The van der Waals surface area contributed by atoms with Gasteiger partial charge in [-0.25, -0.2) is 0 Å². The van der Waals surface area contributed by atoms with E-state index >= 15 is 0 Å². The van der Waals surface area contributed by atoms with Crippen molar-refractivity contribution in [2.45, 2.75) is 38.8 Å². The van der Waals surface area contributed by atoms with Crippen LogP contribution in [0.25, 0.3) is 10.8 Å². The molecule has 0 heterocycles. The molecule has 2 N–H and O–H groups in total. The Labute approximate surface area is 120 Å². The molecule has 0 amide bonds. The first-order chi connectivity index (χ1) is 9.67. The highest BCUT2D eigenvalue weighted by Gasteiger charge is 2.15. The fourth-order valence-electron chi connectivity index (χ4n) is 2.53. The van der Waals surface area contributed by atoms with Gasteiger partial charge in [-0.05, 0) is 18.7 Å². The predicted octanol–water partition coefficient (Wildman–Crippen LogP) is 4.00. The third-order valence-electron chi connectivity index (χ3n) is 3.74. The standard InChI is InChI=1S/C18H21NO/c1-4-8-15(5-2)19-13(3)16-12-11-14-9-6-7-10-17(14)18(16)20/h1,6-7,9-13,15,19-20H,5,8H2,2-3H3. The van der Waals surface area contributed by atoms with Crippen LogP contribution in [0.4, 0.5) is 0 Å². The lowest BCUT2D eigenvalue weighted by molar-refractivity contribution is 0.424. The summed E-state index contributed by atoms with van der Waals surface area (Å²) < 4.78 is 0. The summed E-state index contributed by atoms with van der Waals surface area (Å²) in [7, 11) is 0. The molecule has 2 rings (SSSR count). The van der Waals surface area contributed by atoms with Gasteiger partial charge in [-0.1, -0.05) is 43.3 Å². The Morgan fingerprint density at radius 2 is 2.00 bits per heavy atom. The lowest BCUT2D eigenvalue weighted by Gasteiger charge is -2.22. The molecule has 104 valence electrons. The molecule has 0 aliphatic carbocycles. The van der Waals surface area contributed by atoms with Gasteiger partial charge < -0.3 is 10.4 Å². The zero-order valence-electron chi connectivity index (χ0n) is 12.1. The lowest BCUT2D eigenvalue weighted by Crippen LogP contribution is -2.30. The van der Waals surface area contributed by atoms with Gasteiger partial charge in [0.2, 0.25) is 0 Å². The number of fused-ring (bicyclic) bond motifs is 1. The van der Waals surface area contributed by atoms with Gasteiger partial charge in [0, 0.05) is 29.5 Å². The fourth-order valence-corrected chi connectivity index (χ4v) is 2.53. The molecule has 2 nitrogen and oxygen atoms in total. The van der Waals surface area contributed by atoms with E-state index in [0.29, 0.717) is 12.2 Å². The summed E-state index contributed by atoms with van der Waals surface area (Å²) in [5.41, 5.74) is 0.916. The van der Waals surface area contributed by atoms with Gasteiger partial charge in [0.05, 0.1) is 0 Å². The minimum atomic E-state index is 0.0675. The summed E-state index contributed by atoms with van der Waals surface area (Å²) in [4.78, 5) is 0. The molecule has 0 saturated carbocycles. The topological polar surface area (TPSA) is 32.3 Å². The molecule has 2 unspecified atom stereocenters. The third kappa shape index (κ3) is 2.95. The van der Waals surface area contributed by atoms with Crippen LogP contribution in [0.15, 0.2) is 36.4 Å². The van der Waals surface area contributed by atoms with Crippen molar-refractivity contribution in [2.75, 3.05) is 0 Å².